The van der Waals surface area contributed by atoms with Gasteiger partial charge in [-0.3, -0.25) is 0 Å². The van der Waals surface area contributed by atoms with Crippen molar-refractivity contribution in [3.8, 4) is 0 Å². The van der Waals surface area contributed by atoms with Gasteiger partial charge in [-0.2, -0.15) is 0 Å². The van der Waals surface area contributed by atoms with Crippen molar-refractivity contribution < 1.29 is 0 Å². The summed E-state index contributed by atoms with van der Waals surface area (Å²) in [5, 5.41) is 0. The van der Waals surface area contributed by atoms with E-state index in [1.165, 1.54) is 38.9 Å². The molecule has 0 nitrogen and oxygen atoms in total. The first kappa shape index (κ1) is 12.9. The molecule has 0 atom stereocenters. The third-order valence-electron chi connectivity index (χ3n) is 4.27. The minimum atomic E-state index is 1.04. The monoisotopic (exact) mass is 238 g/mol. The van der Waals surface area contributed by atoms with Crippen molar-refractivity contribution in [1.29, 1.82) is 0 Å². The highest BCUT2D eigenvalue weighted by molar-refractivity contribution is 5.43. The van der Waals surface area contributed by atoms with Gasteiger partial charge in [-0.25, -0.2) is 0 Å². The summed E-state index contributed by atoms with van der Waals surface area (Å²) in [6, 6.07) is 11.1. The van der Waals surface area contributed by atoms with Crippen LogP contribution >= 0.6 is 0 Å². The molecule has 0 spiro atoms. The second-order valence-electron chi connectivity index (χ2n) is 5.33. The van der Waals surface area contributed by atoms with E-state index in [1.54, 1.807) is 0 Å². The molecule has 0 saturated heterocycles. The van der Waals surface area contributed by atoms with Crippen LogP contribution in [-0.2, 0) is 6.42 Å². The van der Waals surface area contributed by atoms with E-state index in [9.17, 15) is 0 Å². The second kappa shape index (κ2) is 4.97. The standard InChI is InChI=1S/C18H22/c1-12-7-6-8-17(15(12)4)11-18-10-9-13(2)14(3)16(18)5/h6-10H,11H2,1-5H3. The van der Waals surface area contributed by atoms with E-state index in [0.717, 1.165) is 6.42 Å². The minimum Gasteiger partial charge on any atom is -0.0617 e. The summed E-state index contributed by atoms with van der Waals surface area (Å²) in [6.45, 7) is 11.1. The Hall–Kier alpha value is -1.56. The van der Waals surface area contributed by atoms with E-state index in [1.807, 2.05) is 0 Å². The lowest BCUT2D eigenvalue weighted by atomic mass is 9.92. The Balaban J connectivity index is 2.41. The summed E-state index contributed by atoms with van der Waals surface area (Å²) in [5.41, 5.74) is 9.96. The Kier molecular flexibility index (Phi) is 3.56. The zero-order valence-electron chi connectivity index (χ0n) is 12.1. The molecule has 2 aromatic rings. The zero-order chi connectivity index (χ0) is 13.3. The van der Waals surface area contributed by atoms with Gasteiger partial charge >= 0.3 is 0 Å². The van der Waals surface area contributed by atoms with E-state index >= 15 is 0 Å². The van der Waals surface area contributed by atoms with Gasteiger partial charge in [0.1, 0.15) is 0 Å². The Labute approximate surface area is 111 Å². The van der Waals surface area contributed by atoms with Crippen LogP contribution in [0.3, 0.4) is 0 Å². The van der Waals surface area contributed by atoms with E-state index in [4.69, 9.17) is 0 Å². The SMILES string of the molecule is Cc1cccc(Cc2ccc(C)c(C)c2C)c1C. The normalized spacial score (nSPS) is 10.7. The lowest BCUT2D eigenvalue weighted by Crippen LogP contribution is -1.98. The topological polar surface area (TPSA) is 0 Å². The van der Waals surface area contributed by atoms with Crippen molar-refractivity contribution in [1.82, 2.24) is 0 Å². The number of rotatable bonds is 2. The van der Waals surface area contributed by atoms with Crippen LogP contribution in [-0.4, -0.2) is 0 Å². The van der Waals surface area contributed by atoms with Crippen molar-refractivity contribution in [3.05, 3.63) is 69.3 Å². The molecule has 0 N–H and O–H groups in total. The van der Waals surface area contributed by atoms with Crippen LogP contribution < -0.4 is 0 Å². The molecule has 18 heavy (non-hydrogen) atoms. The molecular weight excluding hydrogens is 216 g/mol. The van der Waals surface area contributed by atoms with Crippen molar-refractivity contribution in [2.75, 3.05) is 0 Å². The van der Waals surface area contributed by atoms with Crippen LogP contribution in [0.2, 0.25) is 0 Å². The summed E-state index contributed by atoms with van der Waals surface area (Å²) in [7, 11) is 0. The summed E-state index contributed by atoms with van der Waals surface area (Å²) in [5.74, 6) is 0. The summed E-state index contributed by atoms with van der Waals surface area (Å²) in [6.07, 6.45) is 1.04. The highest BCUT2D eigenvalue weighted by atomic mass is 14.1. The first-order valence-corrected chi connectivity index (χ1v) is 6.61. The molecule has 94 valence electrons. The van der Waals surface area contributed by atoms with Gasteiger partial charge in [-0.15, -0.1) is 0 Å². The van der Waals surface area contributed by atoms with Gasteiger partial charge in [0.05, 0.1) is 0 Å². The van der Waals surface area contributed by atoms with Crippen LogP contribution in [0, 0.1) is 34.6 Å². The van der Waals surface area contributed by atoms with Crippen LogP contribution in [0.4, 0.5) is 0 Å². The van der Waals surface area contributed by atoms with Gasteiger partial charge in [0.25, 0.3) is 0 Å². The number of aryl methyl sites for hydroxylation is 2. The number of hydrogen-bond acceptors (Lipinski definition) is 0. The maximum Gasteiger partial charge on any atom is -0.00203 e. The molecule has 0 heteroatoms. The highest BCUT2D eigenvalue weighted by Crippen LogP contribution is 2.22. The van der Waals surface area contributed by atoms with Gasteiger partial charge in [-0.1, -0.05) is 30.3 Å². The lowest BCUT2D eigenvalue weighted by molar-refractivity contribution is 1.09. The fourth-order valence-corrected chi connectivity index (χ4v) is 2.41. The Morgan fingerprint density at radius 2 is 1.22 bits per heavy atom. The van der Waals surface area contributed by atoms with E-state index in [-0.39, 0.29) is 0 Å². The Bertz CT molecular complexity index is 577. The maximum absolute atomic E-state index is 2.28. The van der Waals surface area contributed by atoms with Crippen LogP contribution in [0.25, 0.3) is 0 Å². The Morgan fingerprint density at radius 1 is 0.611 bits per heavy atom. The van der Waals surface area contributed by atoms with Gasteiger partial charge < -0.3 is 0 Å². The largest absolute Gasteiger partial charge is 0.0617 e. The third kappa shape index (κ3) is 2.33. The highest BCUT2D eigenvalue weighted by Gasteiger charge is 2.07. The molecule has 2 aromatic carbocycles. The molecule has 0 saturated carbocycles. The van der Waals surface area contributed by atoms with Crippen molar-refractivity contribution in [3.63, 3.8) is 0 Å². The van der Waals surface area contributed by atoms with Crippen molar-refractivity contribution in [2.24, 2.45) is 0 Å². The van der Waals surface area contributed by atoms with Crippen LogP contribution in [0.5, 0.6) is 0 Å². The van der Waals surface area contributed by atoms with Crippen molar-refractivity contribution in [2.45, 2.75) is 41.0 Å². The van der Waals surface area contributed by atoms with E-state index < -0.39 is 0 Å². The first-order chi connectivity index (χ1) is 8.50. The smallest absolute Gasteiger partial charge is 0.00203 e. The molecule has 0 aromatic heterocycles. The number of benzene rings is 2. The predicted octanol–water partition coefficient (Wildman–Crippen LogP) is 4.82. The molecule has 0 bridgehead atoms. The third-order valence-corrected chi connectivity index (χ3v) is 4.27. The zero-order valence-corrected chi connectivity index (χ0v) is 12.1. The molecular formula is C18H22. The molecule has 2 rings (SSSR count). The average molecular weight is 238 g/mol. The van der Waals surface area contributed by atoms with Gasteiger partial charge in [0.2, 0.25) is 0 Å². The van der Waals surface area contributed by atoms with Gasteiger partial charge in [0, 0.05) is 0 Å². The maximum atomic E-state index is 2.28. The molecule has 0 fully saturated rings. The van der Waals surface area contributed by atoms with Crippen molar-refractivity contribution >= 4 is 0 Å². The van der Waals surface area contributed by atoms with Gasteiger partial charge in [0.15, 0.2) is 0 Å². The summed E-state index contributed by atoms with van der Waals surface area (Å²) in [4.78, 5) is 0. The molecule has 0 heterocycles. The summed E-state index contributed by atoms with van der Waals surface area (Å²) >= 11 is 0. The number of hydrogen-bond donors (Lipinski definition) is 0. The molecule has 0 aliphatic heterocycles. The predicted molar refractivity (Wildman–Crippen MR) is 79.4 cm³/mol. The fraction of sp³-hybridized carbons (Fsp3) is 0.333. The Morgan fingerprint density at radius 3 is 1.94 bits per heavy atom. The second-order valence-corrected chi connectivity index (χ2v) is 5.33. The summed E-state index contributed by atoms with van der Waals surface area (Å²) < 4.78 is 0. The molecule has 0 unspecified atom stereocenters. The fourth-order valence-electron chi connectivity index (χ4n) is 2.41. The minimum absolute atomic E-state index is 1.04. The molecule has 0 amide bonds. The van der Waals surface area contributed by atoms with E-state index in [0.29, 0.717) is 0 Å². The lowest BCUT2D eigenvalue weighted by Gasteiger charge is -2.13. The molecule has 0 radical (unpaired) electrons. The molecule has 0 aliphatic rings. The first-order valence-electron chi connectivity index (χ1n) is 6.61. The average Bonchev–Trinajstić information content (AvgIpc) is 2.35. The quantitative estimate of drug-likeness (QED) is 0.703. The van der Waals surface area contributed by atoms with Crippen LogP contribution in [0.15, 0.2) is 30.3 Å². The van der Waals surface area contributed by atoms with Gasteiger partial charge in [-0.05, 0) is 80.0 Å². The molecule has 0 aliphatic carbocycles. The van der Waals surface area contributed by atoms with Crippen LogP contribution in [0.1, 0.15) is 38.9 Å². The van der Waals surface area contributed by atoms with E-state index in [2.05, 4.69) is 65.0 Å².